The molecule has 1 atom stereocenters. The standard InChI is InChI=1S/C14H18BrFN2O/c1-14(13(19)17-2)6-7-18(9-14)8-10-4-3-5-11(16)12(10)15/h3-5H,6-9H2,1-2H3,(H,17,19). The molecule has 0 spiro atoms. The molecule has 1 aromatic rings. The molecular formula is C14H18BrFN2O. The van der Waals surface area contributed by atoms with Crippen LogP contribution in [-0.2, 0) is 11.3 Å². The SMILES string of the molecule is CNC(=O)C1(C)CCN(Cc2cccc(F)c2Br)C1. The molecule has 1 aromatic carbocycles. The minimum atomic E-state index is -0.339. The van der Waals surface area contributed by atoms with Gasteiger partial charge >= 0.3 is 0 Å². The van der Waals surface area contributed by atoms with Gasteiger partial charge in [-0.1, -0.05) is 12.1 Å². The minimum Gasteiger partial charge on any atom is -0.359 e. The minimum absolute atomic E-state index is 0.0771. The van der Waals surface area contributed by atoms with E-state index in [2.05, 4.69) is 26.1 Å². The number of nitrogens with zero attached hydrogens (tertiary/aromatic N) is 1. The van der Waals surface area contributed by atoms with Crippen molar-refractivity contribution in [3.63, 3.8) is 0 Å². The van der Waals surface area contributed by atoms with E-state index in [0.29, 0.717) is 17.6 Å². The molecule has 1 heterocycles. The molecule has 1 aliphatic heterocycles. The summed E-state index contributed by atoms with van der Waals surface area (Å²) in [6, 6.07) is 5.05. The van der Waals surface area contributed by atoms with E-state index >= 15 is 0 Å². The first kappa shape index (κ1) is 14.5. The van der Waals surface area contributed by atoms with Crippen LogP contribution in [0.1, 0.15) is 18.9 Å². The van der Waals surface area contributed by atoms with Gasteiger partial charge in [0.2, 0.25) is 5.91 Å². The van der Waals surface area contributed by atoms with Crippen LogP contribution < -0.4 is 5.32 Å². The van der Waals surface area contributed by atoms with Gasteiger partial charge < -0.3 is 5.32 Å². The molecule has 0 aliphatic carbocycles. The van der Waals surface area contributed by atoms with Crippen LogP contribution in [0.4, 0.5) is 4.39 Å². The first-order valence-corrected chi connectivity index (χ1v) is 7.13. The normalized spacial score (nSPS) is 23.6. The quantitative estimate of drug-likeness (QED) is 0.924. The Morgan fingerprint density at radius 2 is 2.32 bits per heavy atom. The number of rotatable bonds is 3. The van der Waals surface area contributed by atoms with Crippen molar-refractivity contribution in [3.05, 3.63) is 34.1 Å². The fourth-order valence-corrected chi connectivity index (χ4v) is 2.98. The lowest BCUT2D eigenvalue weighted by Gasteiger charge is -2.23. The predicted molar refractivity (Wildman–Crippen MR) is 76.2 cm³/mol. The summed E-state index contributed by atoms with van der Waals surface area (Å²) < 4.78 is 14.0. The highest BCUT2D eigenvalue weighted by molar-refractivity contribution is 9.10. The van der Waals surface area contributed by atoms with E-state index < -0.39 is 0 Å². The Hall–Kier alpha value is -0.940. The number of amides is 1. The summed E-state index contributed by atoms with van der Waals surface area (Å²) in [6.07, 6.45) is 0.833. The number of likely N-dealkylation sites (tertiary alicyclic amines) is 1. The molecule has 1 N–H and O–H groups in total. The second kappa shape index (κ2) is 5.59. The molecule has 2 rings (SSSR count). The number of carbonyl (C=O) groups excluding carboxylic acids is 1. The third-order valence-electron chi connectivity index (χ3n) is 3.75. The van der Waals surface area contributed by atoms with Crippen LogP contribution in [0, 0.1) is 11.2 Å². The molecule has 19 heavy (non-hydrogen) atoms. The fourth-order valence-electron chi connectivity index (χ4n) is 2.59. The van der Waals surface area contributed by atoms with Gasteiger partial charge in [-0.2, -0.15) is 0 Å². The summed E-state index contributed by atoms with van der Waals surface area (Å²) in [6.45, 7) is 4.19. The number of carbonyl (C=O) groups is 1. The van der Waals surface area contributed by atoms with Gasteiger partial charge in [0.1, 0.15) is 5.82 Å². The Labute approximate surface area is 121 Å². The summed E-state index contributed by atoms with van der Waals surface area (Å²) in [7, 11) is 1.67. The first-order valence-electron chi connectivity index (χ1n) is 6.34. The maximum absolute atomic E-state index is 13.5. The van der Waals surface area contributed by atoms with Crippen LogP contribution in [0.25, 0.3) is 0 Å². The van der Waals surface area contributed by atoms with Gasteiger partial charge in [-0.3, -0.25) is 9.69 Å². The van der Waals surface area contributed by atoms with E-state index in [1.165, 1.54) is 6.07 Å². The molecule has 1 saturated heterocycles. The van der Waals surface area contributed by atoms with Crippen LogP contribution in [-0.4, -0.2) is 30.9 Å². The molecule has 104 valence electrons. The van der Waals surface area contributed by atoms with Gasteiger partial charge in [-0.15, -0.1) is 0 Å². The highest BCUT2D eigenvalue weighted by atomic mass is 79.9. The summed E-state index contributed by atoms with van der Waals surface area (Å²) in [5, 5.41) is 2.72. The monoisotopic (exact) mass is 328 g/mol. The lowest BCUT2D eigenvalue weighted by atomic mass is 9.89. The molecule has 0 aromatic heterocycles. The third-order valence-corrected chi connectivity index (χ3v) is 4.64. The second-order valence-electron chi connectivity index (χ2n) is 5.31. The highest BCUT2D eigenvalue weighted by Gasteiger charge is 2.39. The van der Waals surface area contributed by atoms with Crippen molar-refractivity contribution >= 4 is 21.8 Å². The molecule has 1 fully saturated rings. The third kappa shape index (κ3) is 2.98. The molecule has 3 nitrogen and oxygen atoms in total. The molecule has 1 amide bonds. The lowest BCUT2D eigenvalue weighted by molar-refractivity contribution is -0.129. The average Bonchev–Trinajstić information content (AvgIpc) is 2.77. The Kier molecular flexibility index (Phi) is 4.26. The van der Waals surface area contributed by atoms with Crippen molar-refractivity contribution < 1.29 is 9.18 Å². The van der Waals surface area contributed by atoms with Crippen LogP contribution in [0.2, 0.25) is 0 Å². The van der Waals surface area contributed by atoms with E-state index in [1.807, 2.05) is 13.0 Å². The van der Waals surface area contributed by atoms with Crippen LogP contribution >= 0.6 is 15.9 Å². The Balaban J connectivity index is 2.06. The Morgan fingerprint density at radius 1 is 1.58 bits per heavy atom. The lowest BCUT2D eigenvalue weighted by Crippen LogP contribution is -2.39. The predicted octanol–water partition coefficient (Wildman–Crippen LogP) is 2.55. The van der Waals surface area contributed by atoms with Crippen molar-refractivity contribution in [1.82, 2.24) is 10.2 Å². The average molecular weight is 329 g/mol. The van der Waals surface area contributed by atoms with Gasteiger partial charge in [0.25, 0.3) is 0 Å². The molecule has 0 radical (unpaired) electrons. The number of nitrogens with one attached hydrogen (secondary N) is 1. The Bertz CT molecular complexity index is 494. The number of hydrogen-bond acceptors (Lipinski definition) is 2. The topological polar surface area (TPSA) is 32.3 Å². The van der Waals surface area contributed by atoms with E-state index in [1.54, 1.807) is 13.1 Å². The number of benzene rings is 1. The molecule has 5 heteroatoms. The molecule has 1 aliphatic rings. The summed E-state index contributed by atoms with van der Waals surface area (Å²) in [4.78, 5) is 14.0. The van der Waals surface area contributed by atoms with Crippen molar-refractivity contribution in [2.24, 2.45) is 5.41 Å². The van der Waals surface area contributed by atoms with Crippen LogP contribution in [0.15, 0.2) is 22.7 Å². The Morgan fingerprint density at radius 3 is 3.00 bits per heavy atom. The number of hydrogen-bond donors (Lipinski definition) is 1. The molecule has 1 unspecified atom stereocenters. The van der Waals surface area contributed by atoms with Crippen molar-refractivity contribution in [2.75, 3.05) is 20.1 Å². The van der Waals surface area contributed by atoms with Gasteiger partial charge in [0.15, 0.2) is 0 Å². The zero-order chi connectivity index (χ0) is 14.0. The van der Waals surface area contributed by atoms with E-state index in [-0.39, 0.29) is 17.1 Å². The largest absolute Gasteiger partial charge is 0.359 e. The summed E-state index contributed by atoms with van der Waals surface area (Å²) in [5.41, 5.74) is 0.579. The van der Waals surface area contributed by atoms with E-state index in [4.69, 9.17) is 0 Å². The smallest absolute Gasteiger partial charge is 0.227 e. The second-order valence-corrected chi connectivity index (χ2v) is 6.11. The zero-order valence-electron chi connectivity index (χ0n) is 11.2. The molecule has 0 bridgehead atoms. The highest BCUT2D eigenvalue weighted by Crippen LogP contribution is 2.32. The van der Waals surface area contributed by atoms with Gasteiger partial charge in [0.05, 0.1) is 9.89 Å². The summed E-state index contributed by atoms with van der Waals surface area (Å²) >= 11 is 3.28. The zero-order valence-corrected chi connectivity index (χ0v) is 12.8. The maximum Gasteiger partial charge on any atom is 0.227 e. The van der Waals surface area contributed by atoms with Crippen molar-refractivity contribution in [3.8, 4) is 0 Å². The molecular weight excluding hydrogens is 311 g/mol. The van der Waals surface area contributed by atoms with E-state index in [0.717, 1.165) is 18.5 Å². The van der Waals surface area contributed by atoms with Gasteiger partial charge in [0, 0.05) is 20.1 Å². The molecule has 0 saturated carbocycles. The van der Waals surface area contributed by atoms with Crippen molar-refractivity contribution in [1.29, 1.82) is 0 Å². The van der Waals surface area contributed by atoms with Gasteiger partial charge in [-0.25, -0.2) is 4.39 Å². The van der Waals surface area contributed by atoms with E-state index in [9.17, 15) is 9.18 Å². The van der Waals surface area contributed by atoms with Crippen LogP contribution in [0.5, 0.6) is 0 Å². The van der Waals surface area contributed by atoms with Gasteiger partial charge in [-0.05, 0) is 47.4 Å². The number of halogens is 2. The van der Waals surface area contributed by atoms with Crippen LogP contribution in [0.3, 0.4) is 0 Å². The fraction of sp³-hybridized carbons (Fsp3) is 0.500. The maximum atomic E-state index is 13.5. The van der Waals surface area contributed by atoms with Crippen molar-refractivity contribution in [2.45, 2.75) is 19.9 Å². The summed E-state index contributed by atoms with van der Waals surface area (Å²) in [5.74, 6) is -0.168. The first-order chi connectivity index (χ1) is 8.96.